The summed E-state index contributed by atoms with van der Waals surface area (Å²) in [5, 5.41) is 2.66. The number of nitrogens with one attached hydrogen (secondary N) is 1. The molecule has 3 heteroatoms. The van der Waals surface area contributed by atoms with Gasteiger partial charge < -0.3 is 10.2 Å². The molecule has 0 aromatic heterocycles. The minimum Gasteiger partial charge on any atom is -0.357 e. The average Bonchev–Trinajstić information content (AvgIpc) is 2.02. The van der Waals surface area contributed by atoms with Crippen molar-refractivity contribution >= 4 is 6.41 Å². The third-order valence-corrected chi connectivity index (χ3v) is 1.73. The van der Waals surface area contributed by atoms with Gasteiger partial charge >= 0.3 is 0 Å². The van der Waals surface area contributed by atoms with Gasteiger partial charge in [-0.2, -0.15) is 0 Å². The van der Waals surface area contributed by atoms with Gasteiger partial charge in [-0.1, -0.05) is 20.8 Å². The maximum absolute atomic E-state index is 9.97. The Bertz CT molecular complexity index is 115. The molecule has 12 heavy (non-hydrogen) atoms. The predicted octanol–water partition coefficient (Wildman–Crippen LogP) is 0.710. The van der Waals surface area contributed by atoms with Crippen molar-refractivity contribution in [3.63, 3.8) is 0 Å². The number of hydrogen-bond acceptors (Lipinski definition) is 2. The van der Waals surface area contributed by atoms with Crippen molar-refractivity contribution < 1.29 is 4.79 Å². The standard InChI is InChI=1S/C9H20N2O/c1-4-11(7-9(2)3)6-5-10-8-12/h8-9H,4-7H2,1-3H3,(H,10,12). The van der Waals surface area contributed by atoms with Crippen LogP contribution >= 0.6 is 0 Å². The Labute approximate surface area is 75.1 Å². The van der Waals surface area contributed by atoms with Crippen LogP contribution in [-0.2, 0) is 4.79 Å². The number of likely N-dealkylation sites (N-methyl/N-ethyl adjacent to an activating group) is 1. The lowest BCUT2D eigenvalue weighted by molar-refractivity contribution is -0.109. The summed E-state index contributed by atoms with van der Waals surface area (Å²) in [6, 6.07) is 0. The Morgan fingerprint density at radius 3 is 2.58 bits per heavy atom. The van der Waals surface area contributed by atoms with E-state index < -0.39 is 0 Å². The smallest absolute Gasteiger partial charge is 0.207 e. The highest BCUT2D eigenvalue weighted by Gasteiger charge is 2.03. The molecular weight excluding hydrogens is 152 g/mol. The van der Waals surface area contributed by atoms with E-state index in [9.17, 15) is 4.79 Å². The SMILES string of the molecule is CCN(CCNC=O)CC(C)C. The number of carbonyl (C=O) groups excluding carboxylic acids is 1. The molecule has 0 spiro atoms. The Morgan fingerprint density at radius 1 is 1.50 bits per heavy atom. The maximum atomic E-state index is 9.97. The molecule has 1 amide bonds. The first-order chi connectivity index (χ1) is 5.70. The molecule has 0 rings (SSSR count). The topological polar surface area (TPSA) is 32.3 Å². The van der Waals surface area contributed by atoms with Crippen LogP contribution in [0, 0.1) is 5.92 Å². The maximum Gasteiger partial charge on any atom is 0.207 e. The molecule has 0 heterocycles. The predicted molar refractivity (Wildman–Crippen MR) is 51.0 cm³/mol. The molecule has 72 valence electrons. The third kappa shape index (κ3) is 6.16. The second kappa shape index (κ2) is 7.10. The first-order valence-electron chi connectivity index (χ1n) is 4.60. The van der Waals surface area contributed by atoms with Gasteiger partial charge in [0.1, 0.15) is 0 Å². The van der Waals surface area contributed by atoms with Gasteiger partial charge in [-0.3, -0.25) is 4.79 Å². The molecule has 0 saturated carbocycles. The lowest BCUT2D eigenvalue weighted by Gasteiger charge is -2.21. The van der Waals surface area contributed by atoms with E-state index in [2.05, 4.69) is 31.0 Å². The number of nitrogens with zero attached hydrogens (tertiary/aromatic N) is 1. The zero-order chi connectivity index (χ0) is 9.40. The van der Waals surface area contributed by atoms with E-state index in [4.69, 9.17) is 0 Å². The molecule has 0 aromatic carbocycles. The molecule has 0 unspecified atom stereocenters. The van der Waals surface area contributed by atoms with E-state index in [0.717, 1.165) is 32.6 Å². The summed E-state index contributed by atoms with van der Waals surface area (Å²) in [5.41, 5.74) is 0. The van der Waals surface area contributed by atoms with Crippen LogP contribution in [0.1, 0.15) is 20.8 Å². The van der Waals surface area contributed by atoms with Crippen molar-refractivity contribution in [2.24, 2.45) is 5.92 Å². The molecule has 3 nitrogen and oxygen atoms in total. The van der Waals surface area contributed by atoms with Crippen molar-refractivity contribution in [1.82, 2.24) is 10.2 Å². The van der Waals surface area contributed by atoms with Crippen molar-refractivity contribution in [3.8, 4) is 0 Å². The molecule has 0 atom stereocenters. The molecule has 0 radical (unpaired) electrons. The number of hydrogen-bond donors (Lipinski definition) is 1. The van der Waals surface area contributed by atoms with Crippen LogP contribution in [0.2, 0.25) is 0 Å². The van der Waals surface area contributed by atoms with Gasteiger partial charge in [-0.15, -0.1) is 0 Å². The highest BCUT2D eigenvalue weighted by Crippen LogP contribution is 1.96. The number of carbonyl (C=O) groups is 1. The van der Waals surface area contributed by atoms with Crippen LogP contribution in [0.3, 0.4) is 0 Å². The van der Waals surface area contributed by atoms with E-state index in [1.165, 1.54) is 0 Å². The summed E-state index contributed by atoms with van der Waals surface area (Å²) in [4.78, 5) is 12.3. The second-order valence-electron chi connectivity index (χ2n) is 3.36. The number of amides is 1. The Kier molecular flexibility index (Phi) is 6.76. The summed E-state index contributed by atoms with van der Waals surface area (Å²) in [6.45, 7) is 10.4. The summed E-state index contributed by atoms with van der Waals surface area (Å²) < 4.78 is 0. The van der Waals surface area contributed by atoms with E-state index in [1.54, 1.807) is 0 Å². The van der Waals surface area contributed by atoms with Crippen molar-refractivity contribution in [1.29, 1.82) is 0 Å². The Morgan fingerprint density at radius 2 is 2.17 bits per heavy atom. The van der Waals surface area contributed by atoms with Gasteiger partial charge in [-0.05, 0) is 12.5 Å². The highest BCUT2D eigenvalue weighted by molar-refractivity contribution is 5.45. The largest absolute Gasteiger partial charge is 0.357 e. The molecule has 0 aliphatic rings. The Hall–Kier alpha value is -0.570. The lowest BCUT2D eigenvalue weighted by Crippen LogP contribution is -2.34. The average molecular weight is 172 g/mol. The second-order valence-corrected chi connectivity index (χ2v) is 3.36. The van der Waals surface area contributed by atoms with Crippen molar-refractivity contribution in [3.05, 3.63) is 0 Å². The van der Waals surface area contributed by atoms with E-state index in [-0.39, 0.29) is 0 Å². The minimum absolute atomic E-state index is 0.696. The van der Waals surface area contributed by atoms with Crippen molar-refractivity contribution in [2.75, 3.05) is 26.2 Å². The van der Waals surface area contributed by atoms with E-state index >= 15 is 0 Å². The summed E-state index contributed by atoms with van der Waals surface area (Å²) in [5.74, 6) is 0.696. The van der Waals surface area contributed by atoms with Gasteiger partial charge in [0, 0.05) is 19.6 Å². The van der Waals surface area contributed by atoms with Crippen molar-refractivity contribution in [2.45, 2.75) is 20.8 Å². The molecule has 0 saturated heterocycles. The van der Waals surface area contributed by atoms with Gasteiger partial charge in [0.15, 0.2) is 0 Å². The normalized spacial score (nSPS) is 10.8. The fraction of sp³-hybridized carbons (Fsp3) is 0.889. The quantitative estimate of drug-likeness (QED) is 0.453. The van der Waals surface area contributed by atoms with Gasteiger partial charge in [0.25, 0.3) is 0 Å². The zero-order valence-electron chi connectivity index (χ0n) is 8.34. The molecule has 0 aliphatic carbocycles. The fourth-order valence-electron chi connectivity index (χ4n) is 1.18. The van der Waals surface area contributed by atoms with Crippen LogP contribution in [-0.4, -0.2) is 37.5 Å². The summed E-state index contributed by atoms with van der Waals surface area (Å²) >= 11 is 0. The molecule has 0 aliphatic heterocycles. The first kappa shape index (κ1) is 11.4. The van der Waals surface area contributed by atoms with E-state index in [1.807, 2.05) is 0 Å². The van der Waals surface area contributed by atoms with Crippen LogP contribution in [0.5, 0.6) is 0 Å². The van der Waals surface area contributed by atoms with Gasteiger partial charge in [-0.25, -0.2) is 0 Å². The molecule has 1 N–H and O–H groups in total. The summed E-state index contributed by atoms with van der Waals surface area (Å²) in [7, 11) is 0. The molecule has 0 fully saturated rings. The minimum atomic E-state index is 0.696. The monoisotopic (exact) mass is 172 g/mol. The van der Waals surface area contributed by atoms with Crippen LogP contribution in [0.25, 0.3) is 0 Å². The Balaban J connectivity index is 3.45. The number of rotatable bonds is 7. The third-order valence-electron chi connectivity index (χ3n) is 1.73. The van der Waals surface area contributed by atoms with Crippen LogP contribution < -0.4 is 5.32 Å². The molecular formula is C9H20N2O. The first-order valence-corrected chi connectivity index (χ1v) is 4.60. The fourth-order valence-corrected chi connectivity index (χ4v) is 1.18. The van der Waals surface area contributed by atoms with Crippen LogP contribution in [0.15, 0.2) is 0 Å². The zero-order valence-corrected chi connectivity index (χ0v) is 8.34. The molecule has 0 bridgehead atoms. The van der Waals surface area contributed by atoms with Crippen LogP contribution in [0.4, 0.5) is 0 Å². The summed E-state index contributed by atoms with van der Waals surface area (Å²) in [6.07, 6.45) is 0.753. The highest BCUT2D eigenvalue weighted by atomic mass is 16.1. The lowest BCUT2D eigenvalue weighted by atomic mass is 10.2. The molecule has 0 aromatic rings. The van der Waals surface area contributed by atoms with Gasteiger partial charge in [0.05, 0.1) is 0 Å². The van der Waals surface area contributed by atoms with Gasteiger partial charge in [0.2, 0.25) is 6.41 Å². The van der Waals surface area contributed by atoms with E-state index in [0.29, 0.717) is 5.92 Å².